The molecule has 3 heterocycles. The van der Waals surface area contributed by atoms with Crippen molar-refractivity contribution in [1.82, 2.24) is 14.5 Å². The molecule has 0 spiro atoms. The number of esters is 1. The Labute approximate surface area is 179 Å². The van der Waals surface area contributed by atoms with Gasteiger partial charge in [-0.2, -0.15) is 13.2 Å². The average molecular weight is 456 g/mol. The summed E-state index contributed by atoms with van der Waals surface area (Å²) in [6.07, 6.45) is -2.40. The van der Waals surface area contributed by atoms with Gasteiger partial charge in [-0.05, 0) is 19.4 Å². The number of carbonyl (C=O) groups excluding carboxylic acids is 2. The minimum atomic E-state index is -5.01. The Morgan fingerprint density at radius 2 is 2.09 bits per heavy atom. The van der Waals surface area contributed by atoms with Crippen LogP contribution in [0.5, 0.6) is 0 Å². The van der Waals surface area contributed by atoms with Crippen LogP contribution in [0.1, 0.15) is 23.7 Å². The van der Waals surface area contributed by atoms with Crippen molar-refractivity contribution < 1.29 is 31.9 Å². The Hall–Kier alpha value is -3.44. The maximum absolute atomic E-state index is 14.9. The number of fused-ring (bicyclic) bond motifs is 1. The first kappa shape index (κ1) is 23.2. The van der Waals surface area contributed by atoms with Crippen molar-refractivity contribution in [2.24, 2.45) is 0 Å². The number of pyridine rings is 2. The molecule has 172 valence electrons. The van der Waals surface area contributed by atoms with Gasteiger partial charge in [0.25, 0.3) is 0 Å². The molecule has 12 heteroatoms. The number of amides is 1. The SMILES string of the molecule is C=Cn1cc(C(=O)OCC)c(=O)c2cc(F)c(N3CCC(N(C)C(=O)C(F)(F)F)C3)nc21. The van der Waals surface area contributed by atoms with Gasteiger partial charge in [0.2, 0.25) is 5.43 Å². The first-order chi connectivity index (χ1) is 15.0. The molecule has 1 unspecified atom stereocenters. The molecule has 2 aromatic rings. The zero-order valence-corrected chi connectivity index (χ0v) is 17.3. The van der Waals surface area contributed by atoms with E-state index in [9.17, 15) is 31.9 Å². The van der Waals surface area contributed by atoms with Crippen LogP contribution in [-0.4, -0.2) is 65.3 Å². The highest BCUT2D eigenvalue weighted by Crippen LogP contribution is 2.28. The predicted octanol–water partition coefficient (Wildman–Crippen LogP) is 2.41. The molecule has 0 aliphatic carbocycles. The van der Waals surface area contributed by atoms with Gasteiger partial charge < -0.3 is 19.1 Å². The zero-order chi connectivity index (χ0) is 23.8. The topological polar surface area (TPSA) is 84.7 Å². The van der Waals surface area contributed by atoms with E-state index in [1.165, 1.54) is 21.9 Å². The molecule has 8 nitrogen and oxygen atoms in total. The summed E-state index contributed by atoms with van der Waals surface area (Å²) in [6, 6.07) is 0.120. The summed E-state index contributed by atoms with van der Waals surface area (Å²) >= 11 is 0. The summed E-state index contributed by atoms with van der Waals surface area (Å²) in [6.45, 7) is 5.28. The Bertz CT molecular complexity index is 1150. The molecule has 0 radical (unpaired) electrons. The highest BCUT2D eigenvalue weighted by molar-refractivity contribution is 5.94. The third kappa shape index (κ3) is 4.16. The lowest BCUT2D eigenvalue weighted by Gasteiger charge is -2.26. The molecule has 3 rings (SSSR count). The minimum absolute atomic E-state index is 0.0117. The molecule has 1 amide bonds. The summed E-state index contributed by atoms with van der Waals surface area (Å²) < 4.78 is 59.2. The van der Waals surface area contributed by atoms with E-state index in [-0.39, 0.29) is 48.5 Å². The summed E-state index contributed by atoms with van der Waals surface area (Å²) in [7, 11) is 1.04. The largest absolute Gasteiger partial charge is 0.471 e. The highest BCUT2D eigenvalue weighted by Gasteiger charge is 2.44. The third-order valence-corrected chi connectivity index (χ3v) is 5.20. The van der Waals surface area contributed by atoms with E-state index in [0.29, 0.717) is 4.90 Å². The number of anilines is 1. The Balaban J connectivity index is 1.99. The van der Waals surface area contributed by atoms with Crippen molar-refractivity contribution in [3.8, 4) is 0 Å². The molecule has 0 aromatic carbocycles. The smallest absolute Gasteiger partial charge is 0.462 e. The summed E-state index contributed by atoms with van der Waals surface area (Å²) in [4.78, 5) is 42.4. The molecule has 0 bridgehead atoms. The monoisotopic (exact) mass is 456 g/mol. The van der Waals surface area contributed by atoms with E-state index in [2.05, 4.69) is 11.6 Å². The van der Waals surface area contributed by atoms with Crippen molar-refractivity contribution in [1.29, 1.82) is 0 Å². The van der Waals surface area contributed by atoms with Crippen LogP contribution in [0, 0.1) is 5.82 Å². The lowest BCUT2D eigenvalue weighted by Crippen LogP contribution is -2.45. The van der Waals surface area contributed by atoms with E-state index in [4.69, 9.17) is 4.74 Å². The molecule has 1 aliphatic heterocycles. The van der Waals surface area contributed by atoms with Gasteiger partial charge in [-0.15, -0.1) is 0 Å². The van der Waals surface area contributed by atoms with Crippen LogP contribution >= 0.6 is 0 Å². The quantitative estimate of drug-likeness (QED) is 0.508. The summed E-state index contributed by atoms with van der Waals surface area (Å²) in [5.74, 6) is -3.94. The first-order valence-corrected chi connectivity index (χ1v) is 9.63. The fraction of sp³-hybridized carbons (Fsp3) is 0.400. The zero-order valence-electron chi connectivity index (χ0n) is 17.3. The van der Waals surface area contributed by atoms with Crippen molar-refractivity contribution >= 4 is 34.9 Å². The van der Waals surface area contributed by atoms with Gasteiger partial charge in [-0.1, -0.05) is 6.58 Å². The van der Waals surface area contributed by atoms with E-state index in [1.807, 2.05) is 0 Å². The molecular weight excluding hydrogens is 436 g/mol. The van der Waals surface area contributed by atoms with Gasteiger partial charge in [0.15, 0.2) is 17.3 Å². The third-order valence-electron chi connectivity index (χ3n) is 5.20. The van der Waals surface area contributed by atoms with Gasteiger partial charge in [-0.3, -0.25) is 9.59 Å². The van der Waals surface area contributed by atoms with Gasteiger partial charge in [0.1, 0.15) is 5.56 Å². The maximum Gasteiger partial charge on any atom is 0.471 e. The van der Waals surface area contributed by atoms with Crippen molar-refractivity contribution in [3.05, 3.63) is 40.4 Å². The number of ether oxygens (including phenoxy) is 1. The van der Waals surface area contributed by atoms with Crippen LogP contribution in [0.4, 0.5) is 23.4 Å². The molecule has 1 atom stereocenters. The number of halogens is 4. The number of likely N-dealkylation sites (N-methyl/N-ethyl adjacent to an activating group) is 1. The number of carbonyl (C=O) groups is 2. The second-order valence-electron chi connectivity index (χ2n) is 7.15. The molecular formula is C20H20F4N4O4. The minimum Gasteiger partial charge on any atom is -0.462 e. The van der Waals surface area contributed by atoms with Gasteiger partial charge >= 0.3 is 18.1 Å². The van der Waals surface area contributed by atoms with Crippen LogP contribution < -0.4 is 10.3 Å². The van der Waals surface area contributed by atoms with Crippen LogP contribution in [-0.2, 0) is 9.53 Å². The molecule has 2 aromatic heterocycles. The van der Waals surface area contributed by atoms with Gasteiger partial charge in [0, 0.05) is 32.5 Å². The fourth-order valence-corrected chi connectivity index (χ4v) is 3.57. The molecule has 1 fully saturated rings. The number of rotatable bonds is 5. The molecule has 32 heavy (non-hydrogen) atoms. The maximum atomic E-state index is 14.9. The van der Waals surface area contributed by atoms with Crippen molar-refractivity contribution in [3.63, 3.8) is 0 Å². The molecule has 1 saturated heterocycles. The van der Waals surface area contributed by atoms with Crippen LogP contribution in [0.2, 0.25) is 0 Å². The molecule has 0 saturated carbocycles. The summed E-state index contributed by atoms with van der Waals surface area (Å²) in [5.41, 5.74) is -1.08. The predicted molar refractivity (Wildman–Crippen MR) is 108 cm³/mol. The number of hydrogen-bond donors (Lipinski definition) is 0. The Morgan fingerprint density at radius 3 is 2.69 bits per heavy atom. The highest BCUT2D eigenvalue weighted by atomic mass is 19.4. The molecule has 0 N–H and O–H groups in total. The van der Waals surface area contributed by atoms with Gasteiger partial charge in [0.05, 0.1) is 18.0 Å². The van der Waals surface area contributed by atoms with Crippen molar-refractivity contribution in [2.45, 2.75) is 25.6 Å². The average Bonchev–Trinajstić information content (AvgIpc) is 3.22. The normalized spacial score (nSPS) is 16.3. The number of nitrogens with zero attached hydrogens (tertiary/aromatic N) is 4. The fourth-order valence-electron chi connectivity index (χ4n) is 3.57. The van der Waals surface area contributed by atoms with Crippen LogP contribution in [0.15, 0.2) is 23.6 Å². The number of alkyl halides is 3. The van der Waals surface area contributed by atoms with E-state index in [1.54, 1.807) is 6.92 Å². The van der Waals surface area contributed by atoms with Crippen LogP contribution in [0.3, 0.4) is 0 Å². The lowest BCUT2D eigenvalue weighted by atomic mass is 10.2. The van der Waals surface area contributed by atoms with E-state index >= 15 is 0 Å². The molecule has 1 aliphatic rings. The number of hydrogen-bond acceptors (Lipinski definition) is 6. The first-order valence-electron chi connectivity index (χ1n) is 9.63. The van der Waals surface area contributed by atoms with E-state index < -0.39 is 35.3 Å². The number of aromatic nitrogens is 2. The second kappa shape index (κ2) is 8.60. The lowest BCUT2D eigenvalue weighted by molar-refractivity contribution is -0.185. The standard InChI is InChI=1S/C20H20F4N4O4/c1-4-27-10-13(18(30)32-5-2)15(29)12-8-14(21)17(25-16(12)27)28-7-6-11(9-28)26(3)19(31)20(22,23)24/h4,8,10-11H,1,5-7,9H2,2-3H3. The van der Waals surface area contributed by atoms with E-state index in [0.717, 1.165) is 13.1 Å². The second-order valence-corrected chi connectivity index (χ2v) is 7.15. The van der Waals surface area contributed by atoms with Gasteiger partial charge in [-0.25, -0.2) is 14.2 Å². The van der Waals surface area contributed by atoms with Crippen LogP contribution in [0.25, 0.3) is 17.2 Å². The Kier molecular flexibility index (Phi) is 6.24. The van der Waals surface area contributed by atoms with Crippen molar-refractivity contribution in [2.75, 3.05) is 31.6 Å². The Morgan fingerprint density at radius 1 is 1.41 bits per heavy atom. The summed E-state index contributed by atoms with van der Waals surface area (Å²) in [5, 5.41) is -0.184.